The first kappa shape index (κ1) is 25.8. The fourth-order valence-electron chi connectivity index (χ4n) is 4.93. The van der Waals surface area contributed by atoms with Crippen molar-refractivity contribution in [2.45, 2.75) is 58.1 Å². The molecule has 2 aliphatic rings. The van der Waals surface area contributed by atoms with Crippen LogP contribution in [-0.2, 0) is 19.7 Å². The first-order valence-electron chi connectivity index (χ1n) is 12.5. The number of amides is 1. The molecule has 0 aliphatic carbocycles. The minimum absolute atomic E-state index is 0.0761. The second-order valence-electron chi connectivity index (χ2n) is 10.3. The maximum absolute atomic E-state index is 13.4. The summed E-state index contributed by atoms with van der Waals surface area (Å²) in [4.78, 5) is 28.1. The van der Waals surface area contributed by atoms with Crippen molar-refractivity contribution in [1.82, 2.24) is 4.90 Å². The minimum Gasteiger partial charge on any atom is -0.507 e. The highest BCUT2D eigenvalue weighted by Gasteiger charge is 2.47. The Labute approximate surface area is 212 Å². The Morgan fingerprint density at radius 2 is 1.86 bits per heavy atom. The van der Waals surface area contributed by atoms with E-state index in [9.17, 15) is 14.7 Å². The molecule has 7 nitrogen and oxygen atoms in total. The van der Waals surface area contributed by atoms with Gasteiger partial charge in [0, 0.05) is 24.3 Å². The number of ketones is 1. The SMILES string of the molecule is CCOc1ccc(C2/C(=C(/O)c3ccc(OC)c(C(C)(C)C)c3)C(=O)C(=O)N2CC2CCCO2)cc1. The van der Waals surface area contributed by atoms with Gasteiger partial charge in [0.1, 0.15) is 17.3 Å². The lowest BCUT2D eigenvalue weighted by Crippen LogP contribution is -2.36. The Hall–Kier alpha value is -3.32. The zero-order chi connectivity index (χ0) is 26.0. The molecule has 0 spiro atoms. The number of Topliss-reactive ketones (excluding diaryl/α,β-unsaturated/α-hetero) is 1. The maximum atomic E-state index is 13.4. The van der Waals surface area contributed by atoms with Gasteiger partial charge in [-0.2, -0.15) is 0 Å². The second-order valence-corrected chi connectivity index (χ2v) is 10.3. The van der Waals surface area contributed by atoms with Crippen molar-refractivity contribution in [1.29, 1.82) is 0 Å². The summed E-state index contributed by atoms with van der Waals surface area (Å²) < 4.78 is 16.9. The van der Waals surface area contributed by atoms with Crippen molar-refractivity contribution in [3.05, 3.63) is 64.7 Å². The summed E-state index contributed by atoms with van der Waals surface area (Å²) in [5, 5.41) is 11.5. The lowest BCUT2D eigenvalue weighted by molar-refractivity contribution is -0.140. The van der Waals surface area contributed by atoms with Crippen LogP contribution < -0.4 is 9.47 Å². The van der Waals surface area contributed by atoms with E-state index >= 15 is 0 Å². The fourth-order valence-corrected chi connectivity index (χ4v) is 4.93. The van der Waals surface area contributed by atoms with E-state index in [1.807, 2.05) is 37.3 Å². The number of ether oxygens (including phenoxy) is 3. The number of hydrogen-bond donors (Lipinski definition) is 1. The van der Waals surface area contributed by atoms with Crippen LogP contribution in [0.3, 0.4) is 0 Å². The number of hydrogen-bond acceptors (Lipinski definition) is 6. The van der Waals surface area contributed by atoms with Gasteiger partial charge in [0.25, 0.3) is 11.7 Å². The molecule has 0 radical (unpaired) electrons. The van der Waals surface area contributed by atoms with Crippen LogP contribution in [0.15, 0.2) is 48.0 Å². The Morgan fingerprint density at radius 3 is 2.44 bits per heavy atom. The highest BCUT2D eigenvalue weighted by molar-refractivity contribution is 6.46. The molecular formula is C29H35NO6. The van der Waals surface area contributed by atoms with Gasteiger partial charge in [-0.1, -0.05) is 32.9 Å². The van der Waals surface area contributed by atoms with E-state index in [-0.39, 0.29) is 29.4 Å². The summed E-state index contributed by atoms with van der Waals surface area (Å²) in [5.74, 6) is -0.133. The summed E-state index contributed by atoms with van der Waals surface area (Å²) >= 11 is 0. The number of nitrogens with zero attached hydrogens (tertiary/aromatic N) is 1. The van der Waals surface area contributed by atoms with Gasteiger partial charge in [0.15, 0.2) is 0 Å². The van der Waals surface area contributed by atoms with Crippen molar-refractivity contribution in [2.75, 3.05) is 26.9 Å². The van der Waals surface area contributed by atoms with Gasteiger partial charge in [-0.3, -0.25) is 9.59 Å². The largest absolute Gasteiger partial charge is 0.507 e. The number of rotatable bonds is 7. The number of methoxy groups -OCH3 is 1. The van der Waals surface area contributed by atoms with Crippen LogP contribution in [0.1, 0.15) is 63.3 Å². The third kappa shape index (κ3) is 4.98. The van der Waals surface area contributed by atoms with Gasteiger partial charge in [0.05, 0.1) is 31.4 Å². The molecule has 36 heavy (non-hydrogen) atoms. The van der Waals surface area contributed by atoms with E-state index in [1.165, 1.54) is 4.90 Å². The molecule has 4 rings (SSSR count). The van der Waals surface area contributed by atoms with Crippen molar-refractivity contribution >= 4 is 17.4 Å². The number of carbonyl (C=O) groups is 2. The number of benzene rings is 2. The molecule has 0 bridgehead atoms. The van der Waals surface area contributed by atoms with Crippen molar-refractivity contribution < 1.29 is 28.9 Å². The van der Waals surface area contributed by atoms with Crippen molar-refractivity contribution in [3.63, 3.8) is 0 Å². The molecule has 2 heterocycles. The molecule has 2 aromatic rings. The van der Waals surface area contributed by atoms with Gasteiger partial charge >= 0.3 is 0 Å². The summed E-state index contributed by atoms with van der Waals surface area (Å²) in [5.41, 5.74) is 1.89. The molecule has 7 heteroatoms. The molecule has 2 aliphatic heterocycles. The van der Waals surface area contributed by atoms with Gasteiger partial charge in [-0.15, -0.1) is 0 Å². The summed E-state index contributed by atoms with van der Waals surface area (Å²) in [6.07, 6.45) is 1.61. The summed E-state index contributed by atoms with van der Waals surface area (Å²) in [6, 6.07) is 11.9. The number of likely N-dealkylation sites (tertiary alicyclic amines) is 1. The van der Waals surface area contributed by atoms with Gasteiger partial charge in [-0.05, 0) is 61.1 Å². The predicted octanol–water partition coefficient (Wildman–Crippen LogP) is 4.99. The maximum Gasteiger partial charge on any atom is 0.295 e. The molecule has 2 unspecified atom stereocenters. The number of aliphatic hydroxyl groups is 1. The highest BCUT2D eigenvalue weighted by Crippen LogP contribution is 2.42. The normalized spacial score (nSPS) is 21.8. The van der Waals surface area contributed by atoms with Crippen molar-refractivity contribution in [2.24, 2.45) is 0 Å². The van der Waals surface area contributed by atoms with Gasteiger partial charge in [-0.25, -0.2) is 0 Å². The topological polar surface area (TPSA) is 85.3 Å². The Kier molecular flexibility index (Phi) is 7.41. The van der Waals surface area contributed by atoms with Crippen LogP contribution >= 0.6 is 0 Å². The van der Waals surface area contributed by atoms with Crippen molar-refractivity contribution in [3.8, 4) is 11.5 Å². The third-order valence-electron chi connectivity index (χ3n) is 6.75. The predicted molar refractivity (Wildman–Crippen MR) is 137 cm³/mol. The molecule has 2 fully saturated rings. The van der Waals surface area contributed by atoms with E-state index in [0.717, 1.165) is 24.0 Å². The van der Waals surface area contributed by atoms with Gasteiger partial charge < -0.3 is 24.2 Å². The van der Waals surface area contributed by atoms with E-state index in [0.29, 0.717) is 30.3 Å². The molecule has 2 atom stereocenters. The summed E-state index contributed by atoms with van der Waals surface area (Å²) in [6.45, 7) is 9.52. The molecular weight excluding hydrogens is 458 g/mol. The quantitative estimate of drug-likeness (QED) is 0.332. The minimum atomic E-state index is -0.731. The van der Waals surface area contributed by atoms with Crippen LogP contribution in [0.2, 0.25) is 0 Å². The number of aliphatic hydroxyl groups excluding tert-OH is 1. The first-order chi connectivity index (χ1) is 17.2. The van der Waals surface area contributed by atoms with E-state index < -0.39 is 17.7 Å². The molecule has 1 amide bonds. The van der Waals surface area contributed by atoms with Crippen LogP contribution in [0, 0.1) is 0 Å². The molecule has 2 aromatic carbocycles. The van der Waals surface area contributed by atoms with E-state index in [4.69, 9.17) is 14.2 Å². The second kappa shape index (κ2) is 10.3. The average Bonchev–Trinajstić information content (AvgIpc) is 3.46. The zero-order valence-corrected chi connectivity index (χ0v) is 21.7. The molecule has 2 saturated heterocycles. The lowest BCUT2D eigenvalue weighted by Gasteiger charge is -2.28. The Bertz CT molecular complexity index is 1160. The van der Waals surface area contributed by atoms with Crippen LogP contribution in [-0.4, -0.2) is 54.7 Å². The van der Waals surface area contributed by atoms with Crippen LogP contribution in [0.25, 0.3) is 5.76 Å². The smallest absolute Gasteiger partial charge is 0.295 e. The Balaban J connectivity index is 1.84. The fraction of sp³-hybridized carbons (Fsp3) is 0.448. The average molecular weight is 494 g/mol. The molecule has 192 valence electrons. The first-order valence-corrected chi connectivity index (χ1v) is 12.5. The summed E-state index contributed by atoms with van der Waals surface area (Å²) in [7, 11) is 1.60. The van der Waals surface area contributed by atoms with Crippen LogP contribution in [0.5, 0.6) is 11.5 Å². The monoisotopic (exact) mass is 493 g/mol. The van der Waals surface area contributed by atoms with Crippen LogP contribution in [0.4, 0.5) is 0 Å². The van der Waals surface area contributed by atoms with E-state index in [2.05, 4.69) is 20.8 Å². The standard InChI is InChI=1S/C29H35NO6/c1-6-35-20-12-9-18(10-13-20)25-24(27(32)28(33)30(25)17-21-8-7-15-36-21)26(31)19-11-14-23(34-5)22(16-19)29(2,3)4/h9-14,16,21,25,31H,6-8,15,17H2,1-5H3/b26-24-. The van der Waals surface area contributed by atoms with E-state index in [1.54, 1.807) is 19.2 Å². The molecule has 1 N–H and O–H groups in total. The molecule has 0 aromatic heterocycles. The zero-order valence-electron chi connectivity index (χ0n) is 21.7. The van der Waals surface area contributed by atoms with Gasteiger partial charge in [0.2, 0.25) is 0 Å². The molecule has 0 saturated carbocycles. The third-order valence-corrected chi connectivity index (χ3v) is 6.75. The lowest BCUT2D eigenvalue weighted by atomic mass is 9.84. The number of carbonyl (C=O) groups excluding carboxylic acids is 2. The Morgan fingerprint density at radius 1 is 1.14 bits per heavy atom. The highest BCUT2D eigenvalue weighted by atomic mass is 16.5.